The Morgan fingerprint density at radius 3 is 2.75 bits per heavy atom. The summed E-state index contributed by atoms with van der Waals surface area (Å²) in [5, 5.41) is 0. The molecule has 0 fully saturated rings. The first-order valence-corrected chi connectivity index (χ1v) is 5.78. The van der Waals surface area contributed by atoms with Gasteiger partial charge in [-0.25, -0.2) is 0 Å². The molecule has 0 saturated heterocycles. The van der Waals surface area contributed by atoms with Gasteiger partial charge in [-0.15, -0.1) is 0 Å². The topological polar surface area (TPSA) is 48.1 Å². The summed E-state index contributed by atoms with van der Waals surface area (Å²) in [7, 11) is 0. The Bertz CT molecular complexity index is 366. The van der Waals surface area contributed by atoms with E-state index in [9.17, 15) is 0 Å². The maximum Gasteiger partial charge on any atom is 0.123 e. The van der Waals surface area contributed by atoms with Crippen LogP contribution in [-0.2, 0) is 11.3 Å². The first kappa shape index (κ1) is 13.1. The normalized spacial score (nSPS) is 12.8. The van der Waals surface area contributed by atoms with Gasteiger partial charge in [-0.05, 0) is 18.9 Å². The van der Waals surface area contributed by atoms with Gasteiger partial charge in [0.2, 0.25) is 0 Å². The monoisotopic (exact) mass is 238 g/mol. The minimum atomic E-state index is 0.208. The molecule has 0 aromatic carbocycles. The zero-order valence-corrected chi connectivity index (χ0v) is 10.8. The van der Waals surface area contributed by atoms with Crippen molar-refractivity contribution in [2.24, 2.45) is 11.7 Å². The van der Waals surface area contributed by atoms with Gasteiger partial charge in [0.15, 0.2) is 0 Å². The highest BCUT2D eigenvalue weighted by molar-refractivity contribution is 7.80. The molecule has 0 radical (unpaired) electrons. The molecular weight excluding hydrogens is 220 g/mol. The number of hydrogen-bond donors (Lipinski definition) is 1. The maximum absolute atomic E-state index is 5.73. The number of ether oxygens (including phenoxy) is 1. The molecule has 0 saturated carbocycles. The molecule has 3 nitrogen and oxygen atoms in total. The van der Waals surface area contributed by atoms with Gasteiger partial charge in [-0.1, -0.05) is 32.1 Å². The molecule has 1 atom stereocenters. The molecule has 0 spiro atoms. The Labute approximate surface area is 102 Å². The summed E-state index contributed by atoms with van der Waals surface area (Å²) in [5.41, 5.74) is 7.20. The van der Waals surface area contributed by atoms with Crippen molar-refractivity contribution in [1.82, 2.24) is 4.98 Å². The van der Waals surface area contributed by atoms with Crippen molar-refractivity contribution in [2.45, 2.75) is 33.5 Å². The lowest BCUT2D eigenvalue weighted by Crippen LogP contribution is -2.18. The average Bonchev–Trinajstić information content (AvgIpc) is 2.25. The van der Waals surface area contributed by atoms with Crippen molar-refractivity contribution in [3.05, 3.63) is 29.6 Å². The van der Waals surface area contributed by atoms with Gasteiger partial charge in [-0.3, -0.25) is 4.98 Å². The van der Waals surface area contributed by atoms with E-state index in [0.717, 1.165) is 5.56 Å². The second-order valence-corrected chi connectivity index (χ2v) is 4.58. The predicted octanol–water partition coefficient (Wildman–Crippen LogP) is 2.28. The predicted molar refractivity (Wildman–Crippen MR) is 69.2 cm³/mol. The van der Waals surface area contributed by atoms with Crippen molar-refractivity contribution in [2.75, 3.05) is 0 Å². The molecule has 16 heavy (non-hydrogen) atoms. The third-order valence-corrected chi connectivity index (χ3v) is 2.76. The summed E-state index contributed by atoms with van der Waals surface area (Å²) in [6.07, 6.45) is 1.89. The van der Waals surface area contributed by atoms with Crippen LogP contribution in [0.2, 0.25) is 0 Å². The summed E-state index contributed by atoms with van der Waals surface area (Å²) in [6, 6.07) is 3.80. The average molecular weight is 238 g/mol. The first-order chi connectivity index (χ1) is 7.52. The third-order valence-electron chi connectivity index (χ3n) is 2.57. The van der Waals surface area contributed by atoms with E-state index in [-0.39, 0.29) is 6.10 Å². The zero-order chi connectivity index (χ0) is 12.1. The van der Waals surface area contributed by atoms with Crippen molar-refractivity contribution in [3.63, 3.8) is 0 Å². The van der Waals surface area contributed by atoms with E-state index in [0.29, 0.717) is 23.2 Å². The number of aromatic nitrogens is 1. The number of rotatable bonds is 5. The van der Waals surface area contributed by atoms with Crippen LogP contribution in [0.15, 0.2) is 18.3 Å². The number of pyridine rings is 1. The van der Waals surface area contributed by atoms with Crippen molar-refractivity contribution in [3.8, 4) is 0 Å². The molecule has 1 heterocycles. The molecule has 2 N–H and O–H groups in total. The van der Waals surface area contributed by atoms with Crippen molar-refractivity contribution < 1.29 is 4.74 Å². The lowest BCUT2D eigenvalue weighted by atomic mass is 10.1. The molecule has 88 valence electrons. The van der Waals surface area contributed by atoms with Gasteiger partial charge >= 0.3 is 0 Å². The van der Waals surface area contributed by atoms with Crippen LogP contribution in [0.1, 0.15) is 32.0 Å². The van der Waals surface area contributed by atoms with Gasteiger partial charge < -0.3 is 10.5 Å². The summed E-state index contributed by atoms with van der Waals surface area (Å²) in [4.78, 5) is 4.47. The van der Waals surface area contributed by atoms with E-state index < -0.39 is 0 Å². The smallest absolute Gasteiger partial charge is 0.123 e. The largest absolute Gasteiger partial charge is 0.388 e. The summed E-state index contributed by atoms with van der Waals surface area (Å²) in [6.45, 7) is 6.81. The fourth-order valence-electron chi connectivity index (χ4n) is 1.19. The van der Waals surface area contributed by atoms with Crippen molar-refractivity contribution in [1.29, 1.82) is 0 Å². The second kappa shape index (κ2) is 5.92. The molecule has 0 amide bonds. The van der Waals surface area contributed by atoms with Crippen LogP contribution in [-0.4, -0.2) is 16.1 Å². The number of nitrogens with zero attached hydrogens (tertiary/aromatic N) is 1. The second-order valence-electron chi connectivity index (χ2n) is 4.14. The molecule has 1 unspecified atom stereocenters. The van der Waals surface area contributed by atoms with Gasteiger partial charge in [0.25, 0.3) is 0 Å². The molecule has 1 aromatic rings. The number of hydrogen-bond acceptors (Lipinski definition) is 3. The van der Waals surface area contributed by atoms with E-state index in [1.165, 1.54) is 0 Å². The first-order valence-electron chi connectivity index (χ1n) is 5.37. The summed E-state index contributed by atoms with van der Waals surface area (Å²) < 4.78 is 5.73. The standard InChI is InChI=1S/C12H18N2OS/c1-8(2)9(3)15-7-10-5-4-6-14-11(10)12(13)16/h4-6,8-9H,7H2,1-3H3,(H2,13,16). The van der Waals surface area contributed by atoms with Crippen LogP contribution >= 0.6 is 12.2 Å². The zero-order valence-electron chi connectivity index (χ0n) is 9.93. The van der Waals surface area contributed by atoms with E-state index >= 15 is 0 Å². The summed E-state index contributed by atoms with van der Waals surface area (Å²) >= 11 is 4.94. The van der Waals surface area contributed by atoms with Gasteiger partial charge in [-0.2, -0.15) is 0 Å². The Kier molecular flexibility index (Phi) is 4.83. The fourth-order valence-corrected chi connectivity index (χ4v) is 1.37. The highest BCUT2D eigenvalue weighted by Crippen LogP contribution is 2.12. The molecule has 1 aromatic heterocycles. The Morgan fingerprint density at radius 1 is 1.50 bits per heavy atom. The van der Waals surface area contributed by atoms with Gasteiger partial charge in [0, 0.05) is 11.8 Å². The summed E-state index contributed by atoms with van der Waals surface area (Å²) in [5.74, 6) is 0.491. The highest BCUT2D eigenvalue weighted by atomic mass is 32.1. The Balaban J connectivity index is 2.70. The lowest BCUT2D eigenvalue weighted by Gasteiger charge is -2.17. The minimum Gasteiger partial charge on any atom is -0.388 e. The van der Waals surface area contributed by atoms with Crippen LogP contribution in [0.25, 0.3) is 0 Å². The Hall–Kier alpha value is -1.00. The van der Waals surface area contributed by atoms with Gasteiger partial charge in [0.05, 0.1) is 12.7 Å². The van der Waals surface area contributed by atoms with E-state index in [1.807, 2.05) is 12.1 Å². The molecule has 1 rings (SSSR count). The molecule has 0 aliphatic rings. The van der Waals surface area contributed by atoms with Crippen LogP contribution in [0.5, 0.6) is 0 Å². The molecular formula is C12H18N2OS. The van der Waals surface area contributed by atoms with E-state index in [2.05, 4.69) is 25.8 Å². The lowest BCUT2D eigenvalue weighted by molar-refractivity contribution is 0.0233. The van der Waals surface area contributed by atoms with E-state index in [4.69, 9.17) is 22.7 Å². The van der Waals surface area contributed by atoms with Crippen LogP contribution in [0, 0.1) is 5.92 Å². The van der Waals surface area contributed by atoms with E-state index in [1.54, 1.807) is 6.20 Å². The highest BCUT2D eigenvalue weighted by Gasteiger charge is 2.10. The number of nitrogens with two attached hydrogens (primary N) is 1. The van der Waals surface area contributed by atoms with Crippen LogP contribution in [0.4, 0.5) is 0 Å². The quantitative estimate of drug-likeness (QED) is 0.799. The minimum absolute atomic E-state index is 0.208. The SMILES string of the molecule is CC(C)C(C)OCc1cccnc1C(N)=S. The molecule has 0 aliphatic carbocycles. The third kappa shape index (κ3) is 3.54. The Morgan fingerprint density at radius 2 is 2.19 bits per heavy atom. The van der Waals surface area contributed by atoms with Gasteiger partial charge in [0.1, 0.15) is 10.7 Å². The van der Waals surface area contributed by atoms with Crippen molar-refractivity contribution >= 4 is 17.2 Å². The van der Waals surface area contributed by atoms with Crippen LogP contribution in [0.3, 0.4) is 0 Å². The molecule has 0 bridgehead atoms. The maximum atomic E-state index is 5.73. The van der Waals surface area contributed by atoms with Crippen LogP contribution < -0.4 is 5.73 Å². The number of thiocarbonyl (C=S) groups is 1. The molecule has 0 aliphatic heterocycles. The molecule has 4 heteroatoms. The fraction of sp³-hybridized carbons (Fsp3) is 0.500.